The molecule has 0 bridgehead atoms. The molecular formula is C14H15ClN2O2. The van der Waals surface area contributed by atoms with Gasteiger partial charge in [0, 0.05) is 17.6 Å². The van der Waals surface area contributed by atoms with Crippen molar-refractivity contribution in [3.8, 4) is 0 Å². The van der Waals surface area contributed by atoms with Crippen LogP contribution >= 0.6 is 11.6 Å². The first-order valence-electron chi connectivity index (χ1n) is 6.07. The number of amides is 1. The Balaban J connectivity index is 1.73. The number of nitrogens with zero attached hydrogens (tertiary/aromatic N) is 1. The minimum atomic E-state index is -0.0535. The molecule has 5 heteroatoms. The van der Waals surface area contributed by atoms with Gasteiger partial charge >= 0.3 is 0 Å². The number of aromatic nitrogens is 1. The lowest BCUT2D eigenvalue weighted by atomic mass is 10.1. The van der Waals surface area contributed by atoms with Gasteiger partial charge in [-0.25, -0.2) is 0 Å². The molecule has 19 heavy (non-hydrogen) atoms. The van der Waals surface area contributed by atoms with Crippen molar-refractivity contribution in [3.63, 3.8) is 0 Å². The summed E-state index contributed by atoms with van der Waals surface area (Å²) in [7, 11) is 0. The zero-order chi connectivity index (χ0) is 13.7. The summed E-state index contributed by atoms with van der Waals surface area (Å²) in [6.07, 6.45) is 1.03. The monoisotopic (exact) mass is 278 g/mol. The Hall–Kier alpha value is -1.81. The molecule has 1 heterocycles. The highest BCUT2D eigenvalue weighted by Crippen LogP contribution is 2.09. The Morgan fingerprint density at radius 3 is 2.74 bits per heavy atom. The molecule has 1 amide bonds. The van der Waals surface area contributed by atoms with Crippen LogP contribution in [0.3, 0.4) is 0 Å². The lowest BCUT2D eigenvalue weighted by Crippen LogP contribution is -2.27. The summed E-state index contributed by atoms with van der Waals surface area (Å²) in [5.41, 5.74) is 1.79. The number of aryl methyl sites for hydroxylation is 1. The highest BCUT2D eigenvalue weighted by molar-refractivity contribution is 6.30. The molecule has 0 aliphatic heterocycles. The lowest BCUT2D eigenvalue weighted by Gasteiger charge is -2.04. The van der Waals surface area contributed by atoms with Crippen molar-refractivity contribution in [2.45, 2.75) is 19.8 Å². The minimum absolute atomic E-state index is 0.0535. The number of rotatable bonds is 5. The number of carbonyl (C=O) groups is 1. The molecule has 4 nitrogen and oxygen atoms in total. The summed E-state index contributed by atoms with van der Waals surface area (Å²) in [4.78, 5) is 11.7. The van der Waals surface area contributed by atoms with Crippen molar-refractivity contribution in [3.05, 3.63) is 52.4 Å². The average Bonchev–Trinajstić information content (AvgIpc) is 2.77. The molecule has 1 aromatic heterocycles. The predicted octanol–water partition coefficient (Wildman–Crippen LogP) is 2.54. The maximum atomic E-state index is 11.7. The van der Waals surface area contributed by atoms with Gasteiger partial charge in [0.1, 0.15) is 5.76 Å². The third-order valence-corrected chi connectivity index (χ3v) is 2.92. The van der Waals surface area contributed by atoms with E-state index in [9.17, 15) is 4.79 Å². The maximum absolute atomic E-state index is 11.7. The number of halogens is 1. The van der Waals surface area contributed by atoms with Crippen molar-refractivity contribution in [1.29, 1.82) is 0 Å². The standard InChI is InChI=1S/C14H15ClN2O2/c1-10-8-13(17-19-10)9-14(18)16-7-6-11-2-4-12(15)5-3-11/h2-5,8H,6-7,9H2,1H3,(H,16,18). The van der Waals surface area contributed by atoms with Crippen molar-refractivity contribution >= 4 is 17.5 Å². The number of nitrogens with one attached hydrogen (secondary N) is 1. The second kappa shape index (κ2) is 6.38. The topological polar surface area (TPSA) is 55.1 Å². The highest BCUT2D eigenvalue weighted by atomic mass is 35.5. The molecule has 0 radical (unpaired) electrons. The van der Waals surface area contributed by atoms with E-state index in [-0.39, 0.29) is 12.3 Å². The van der Waals surface area contributed by atoms with Gasteiger partial charge < -0.3 is 9.84 Å². The molecule has 0 saturated heterocycles. The molecule has 0 spiro atoms. The fourth-order valence-corrected chi connectivity index (χ4v) is 1.85. The molecule has 100 valence electrons. The van der Waals surface area contributed by atoms with Gasteiger partial charge in [-0.15, -0.1) is 0 Å². The molecule has 0 aliphatic carbocycles. The minimum Gasteiger partial charge on any atom is -0.361 e. The quantitative estimate of drug-likeness (QED) is 0.914. The molecule has 0 unspecified atom stereocenters. The van der Waals surface area contributed by atoms with Crippen LogP contribution in [0.5, 0.6) is 0 Å². The van der Waals surface area contributed by atoms with Crippen molar-refractivity contribution < 1.29 is 9.32 Å². The van der Waals surface area contributed by atoms with E-state index in [0.717, 1.165) is 12.0 Å². The lowest BCUT2D eigenvalue weighted by molar-refractivity contribution is -0.120. The van der Waals surface area contributed by atoms with Crippen molar-refractivity contribution in [2.24, 2.45) is 0 Å². The zero-order valence-corrected chi connectivity index (χ0v) is 11.4. The van der Waals surface area contributed by atoms with Crippen LogP contribution < -0.4 is 5.32 Å². The van der Waals surface area contributed by atoms with E-state index in [1.165, 1.54) is 0 Å². The Morgan fingerprint density at radius 2 is 2.11 bits per heavy atom. The first-order chi connectivity index (χ1) is 9.13. The summed E-state index contributed by atoms with van der Waals surface area (Å²) in [6, 6.07) is 9.36. The second-order valence-electron chi connectivity index (χ2n) is 4.33. The van der Waals surface area contributed by atoms with Gasteiger partial charge in [-0.2, -0.15) is 0 Å². The third-order valence-electron chi connectivity index (χ3n) is 2.67. The smallest absolute Gasteiger partial charge is 0.226 e. The predicted molar refractivity (Wildman–Crippen MR) is 73.1 cm³/mol. The Bertz CT molecular complexity index is 549. The Morgan fingerprint density at radius 1 is 1.37 bits per heavy atom. The van der Waals surface area contributed by atoms with Gasteiger partial charge in [-0.05, 0) is 31.0 Å². The SMILES string of the molecule is Cc1cc(CC(=O)NCCc2ccc(Cl)cc2)no1. The maximum Gasteiger partial charge on any atom is 0.226 e. The van der Waals surface area contributed by atoms with Crippen LogP contribution in [0.2, 0.25) is 5.02 Å². The first kappa shape index (κ1) is 13.6. The molecule has 0 fully saturated rings. The van der Waals surface area contributed by atoms with E-state index in [1.807, 2.05) is 24.3 Å². The van der Waals surface area contributed by atoms with Crippen LogP contribution in [0.1, 0.15) is 17.0 Å². The average molecular weight is 279 g/mol. The zero-order valence-electron chi connectivity index (χ0n) is 10.6. The third kappa shape index (κ3) is 4.41. The van der Waals surface area contributed by atoms with E-state index in [1.54, 1.807) is 13.0 Å². The fourth-order valence-electron chi connectivity index (χ4n) is 1.73. The van der Waals surface area contributed by atoms with E-state index in [2.05, 4.69) is 10.5 Å². The van der Waals surface area contributed by atoms with Gasteiger partial charge in [-0.1, -0.05) is 28.9 Å². The van der Waals surface area contributed by atoms with Gasteiger partial charge in [0.25, 0.3) is 0 Å². The number of benzene rings is 1. The molecular weight excluding hydrogens is 264 g/mol. The van der Waals surface area contributed by atoms with Crippen LogP contribution in [-0.4, -0.2) is 17.6 Å². The molecule has 1 N–H and O–H groups in total. The Labute approximate surface area is 116 Å². The summed E-state index contributed by atoms with van der Waals surface area (Å²) in [5, 5.41) is 7.35. The largest absolute Gasteiger partial charge is 0.361 e. The highest BCUT2D eigenvalue weighted by Gasteiger charge is 2.06. The second-order valence-corrected chi connectivity index (χ2v) is 4.77. The summed E-state index contributed by atoms with van der Waals surface area (Å²) >= 11 is 5.80. The number of carbonyl (C=O) groups excluding carboxylic acids is 1. The fraction of sp³-hybridized carbons (Fsp3) is 0.286. The van der Waals surface area contributed by atoms with Crippen molar-refractivity contribution in [1.82, 2.24) is 10.5 Å². The molecule has 0 saturated carbocycles. The van der Waals surface area contributed by atoms with E-state index in [4.69, 9.17) is 16.1 Å². The summed E-state index contributed by atoms with van der Waals surface area (Å²) in [5.74, 6) is 0.659. The van der Waals surface area contributed by atoms with E-state index >= 15 is 0 Å². The molecule has 2 aromatic rings. The summed E-state index contributed by atoms with van der Waals surface area (Å²) in [6.45, 7) is 2.40. The van der Waals surface area contributed by atoms with E-state index in [0.29, 0.717) is 23.0 Å². The van der Waals surface area contributed by atoms with Crippen LogP contribution in [0.4, 0.5) is 0 Å². The van der Waals surface area contributed by atoms with Gasteiger partial charge in [-0.3, -0.25) is 4.79 Å². The summed E-state index contributed by atoms with van der Waals surface area (Å²) < 4.78 is 4.91. The van der Waals surface area contributed by atoms with Gasteiger partial charge in [0.15, 0.2) is 0 Å². The van der Waals surface area contributed by atoms with Gasteiger partial charge in [0.05, 0.1) is 12.1 Å². The number of hydrogen-bond donors (Lipinski definition) is 1. The number of hydrogen-bond acceptors (Lipinski definition) is 3. The Kier molecular flexibility index (Phi) is 4.58. The van der Waals surface area contributed by atoms with Crippen LogP contribution in [0.25, 0.3) is 0 Å². The first-order valence-corrected chi connectivity index (χ1v) is 6.44. The van der Waals surface area contributed by atoms with Gasteiger partial charge in [0.2, 0.25) is 5.91 Å². The van der Waals surface area contributed by atoms with E-state index < -0.39 is 0 Å². The van der Waals surface area contributed by atoms with Crippen LogP contribution in [0.15, 0.2) is 34.9 Å². The van der Waals surface area contributed by atoms with Crippen LogP contribution in [0, 0.1) is 6.92 Å². The normalized spacial score (nSPS) is 10.4. The molecule has 0 atom stereocenters. The van der Waals surface area contributed by atoms with Crippen molar-refractivity contribution in [2.75, 3.05) is 6.54 Å². The molecule has 1 aromatic carbocycles. The molecule has 0 aliphatic rings. The van der Waals surface area contributed by atoms with Crippen LogP contribution in [-0.2, 0) is 17.6 Å². The molecule has 2 rings (SSSR count).